The maximum absolute atomic E-state index is 13.7. The predicted molar refractivity (Wildman–Crippen MR) is 129 cm³/mol. The van der Waals surface area contributed by atoms with Crippen LogP contribution in [0.2, 0.25) is 0 Å². The number of rotatable bonds is 4. The molecule has 2 aliphatic heterocycles. The molecule has 34 heavy (non-hydrogen) atoms. The first-order chi connectivity index (χ1) is 16.3. The second kappa shape index (κ2) is 8.77. The highest BCUT2D eigenvalue weighted by Crippen LogP contribution is 2.42. The van der Waals surface area contributed by atoms with Crippen LogP contribution >= 0.6 is 0 Å². The lowest BCUT2D eigenvalue weighted by Crippen LogP contribution is -2.38. The average molecular weight is 479 g/mol. The zero-order valence-electron chi connectivity index (χ0n) is 19.1. The smallest absolute Gasteiger partial charge is 0.259 e. The van der Waals surface area contributed by atoms with Gasteiger partial charge in [-0.05, 0) is 56.0 Å². The molecule has 176 valence electrons. The van der Waals surface area contributed by atoms with Gasteiger partial charge in [0.1, 0.15) is 16.4 Å². The van der Waals surface area contributed by atoms with Gasteiger partial charge in [-0.3, -0.25) is 4.79 Å². The van der Waals surface area contributed by atoms with Crippen molar-refractivity contribution in [3.63, 3.8) is 0 Å². The van der Waals surface area contributed by atoms with E-state index in [1.165, 1.54) is 16.4 Å². The third kappa shape index (κ3) is 4.26. The number of ether oxygens (including phenoxy) is 2. The van der Waals surface area contributed by atoms with Crippen LogP contribution < -0.4 is 14.8 Å². The molecule has 3 aromatic rings. The summed E-state index contributed by atoms with van der Waals surface area (Å²) in [5.74, 6) is 1.35. The number of anilines is 1. The number of hydrogen-bond donors (Lipinski definition) is 1. The molecule has 1 saturated heterocycles. The molecule has 0 aliphatic carbocycles. The van der Waals surface area contributed by atoms with Gasteiger partial charge in [-0.25, -0.2) is 8.42 Å². The zero-order valence-corrected chi connectivity index (χ0v) is 19.9. The van der Waals surface area contributed by atoms with Gasteiger partial charge in [0.05, 0.1) is 11.3 Å². The summed E-state index contributed by atoms with van der Waals surface area (Å²) in [6, 6.07) is 17.3. The standard InChI is InChI=1S/C26H26N2O5S/c1-17-7-9-19(10-8-17)32-24-16-23-20(26(29)27-21-5-3-4-6-22(21)33-23)15-25(24)34(30,31)28-13-11-18(2)12-14-28/h3-10,15-16,18H,11-14H2,1-2H3,(H,27,29). The highest BCUT2D eigenvalue weighted by Gasteiger charge is 2.34. The molecule has 0 radical (unpaired) electrons. The molecule has 0 aromatic heterocycles. The van der Waals surface area contributed by atoms with E-state index in [1.807, 2.05) is 19.1 Å². The van der Waals surface area contributed by atoms with Crippen LogP contribution in [0.3, 0.4) is 0 Å². The van der Waals surface area contributed by atoms with Gasteiger partial charge in [0.25, 0.3) is 5.91 Å². The summed E-state index contributed by atoms with van der Waals surface area (Å²) in [4.78, 5) is 13.0. The van der Waals surface area contributed by atoms with E-state index in [2.05, 4.69) is 12.2 Å². The van der Waals surface area contributed by atoms with Gasteiger partial charge in [0.2, 0.25) is 10.0 Å². The molecule has 1 N–H and O–H groups in total. The molecular formula is C26H26N2O5S. The number of carbonyl (C=O) groups is 1. The normalized spacial score (nSPS) is 16.6. The number of amides is 1. The summed E-state index contributed by atoms with van der Waals surface area (Å²) >= 11 is 0. The Balaban J connectivity index is 1.63. The van der Waals surface area contributed by atoms with E-state index in [9.17, 15) is 13.2 Å². The van der Waals surface area contributed by atoms with Gasteiger partial charge in [-0.15, -0.1) is 0 Å². The van der Waals surface area contributed by atoms with Crippen LogP contribution in [0.25, 0.3) is 0 Å². The van der Waals surface area contributed by atoms with Crippen molar-refractivity contribution in [2.75, 3.05) is 18.4 Å². The summed E-state index contributed by atoms with van der Waals surface area (Å²) in [5, 5.41) is 2.80. The summed E-state index contributed by atoms with van der Waals surface area (Å²) in [6.07, 6.45) is 1.58. The van der Waals surface area contributed by atoms with Crippen molar-refractivity contribution in [3.05, 3.63) is 71.8 Å². The van der Waals surface area contributed by atoms with Crippen molar-refractivity contribution < 1.29 is 22.7 Å². The van der Waals surface area contributed by atoms with E-state index >= 15 is 0 Å². The summed E-state index contributed by atoms with van der Waals surface area (Å²) in [6.45, 7) is 4.94. The molecule has 2 aliphatic rings. The number of fused-ring (bicyclic) bond motifs is 2. The fourth-order valence-corrected chi connectivity index (χ4v) is 5.74. The van der Waals surface area contributed by atoms with Crippen molar-refractivity contribution in [1.82, 2.24) is 4.31 Å². The highest BCUT2D eigenvalue weighted by molar-refractivity contribution is 7.89. The van der Waals surface area contributed by atoms with Crippen LogP contribution in [0.1, 0.15) is 35.7 Å². The quantitative estimate of drug-likeness (QED) is 0.530. The Kier molecular flexibility index (Phi) is 5.79. The zero-order chi connectivity index (χ0) is 23.9. The van der Waals surface area contributed by atoms with Crippen molar-refractivity contribution in [1.29, 1.82) is 0 Å². The van der Waals surface area contributed by atoms with Crippen molar-refractivity contribution in [2.24, 2.45) is 5.92 Å². The third-order valence-corrected chi connectivity index (χ3v) is 8.17. The molecule has 0 unspecified atom stereocenters. The summed E-state index contributed by atoms with van der Waals surface area (Å²) in [7, 11) is -3.91. The maximum atomic E-state index is 13.7. The van der Waals surface area contributed by atoms with Gasteiger partial charge < -0.3 is 14.8 Å². The van der Waals surface area contributed by atoms with Gasteiger partial charge in [0.15, 0.2) is 11.5 Å². The average Bonchev–Trinajstić information content (AvgIpc) is 2.95. The minimum absolute atomic E-state index is 0.0499. The maximum Gasteiger partial charge on any atom is 0.259 e. The number of aryl methyl sites for hydroxylation is 1. The molecule has 3 aromatic carbocycles. The Morgan fingerprint density at radius 2 is 1.71 bits per heavy atom. The Morgan fingerprint density at radius 3 is 2.44 bits per heavy atom. The Hall–Kier alpha value is -3.36. The molecule has 8 heteroatoms. The molecular weight excluding hydrogens is 452 g/mol. The summed E-state index contributed by atoms with van der Waals surface area (Å²) < 4.78 is 41.0. The fraction of sp³-hybridized carbons (Fsp3) is 0.269. The number of piperidine rings is 1. The second-order valence-corrected chi connectivity index (χ2v) is 10.8. The molecule has 1 fully saturated rings. The molecule has 5 rings (SSSR count). The van der Waals surface area contributed by atoms with Crippen molar-refractivity contribution in [3.8, 4) is 23.0 Å². The highest BCUT2D eigenvalue weighted by atomic mass is 32.2. The van der Waals surface area contributed by atoms with E-state index in [-0.39, 0.29) is 22.0 Å². The Bertz CT molecular complexity index is 1340. The van der Waals surface area contributed by atoms with Crippen LogP contribution in [0.15, 0.2) is 65.6 Å². The summed E-state index contributed by atoms with van der Waals surface area (Å²) in [5.41, 5.74) is 1.71. The van der Waals surface area contributed by atoms with E-state index in [0.29, 0.717) is 36.2 Å². The molecule has 7 nitrogen and oxygen atoms in total. The van der Waals surface area contributed by atoms with E-state index in [1.54, 1.807) is 36.4 Å². The third-order valence-electron chi connectivity index (χ3n) is 6.25. The van der Waals surface area contributed by atoms with E-state index in [4.69, 9.17) is 9.47 Å². The van der Waals surface area contributed by atoms with Crippen LogP contribution in [-0.4, -0.2) is 31.7 Å². The number of nitrogens with zero attached hydrogens (tertiary/aromatic N) is 1. The second-order valence-electron chi connectivity index (χ2n) is 8.85. The van der Waals surface area contributed by atoms with Gasteiger partial charge in [-0.2, -0.15) is 4.31 Å². The van der Waals surface area contributed by atoms with Crippen LogP contribution in [0, 0.1) is 12.8 Å². The topological polar surface area (TPSA) is 84.9 Å². The monoisotopic (exact) mass is 478 g/mol. The number of para-hydroxylation sites is 2. The number of sulfonamides is 1. The van der Waals surface area contributed by atoms with Crippen LogP contribution in [-0.2, 0) is 10.0 Å². The predicted octanol–water partition coefficient (Wildman–Crippen LogP) is 5.57. The molecule has 0 bridgehead atoms. The molecule has 0 atom stereocenters. The molecule has 0 spiro atoms. The number of carbonyl (C=O) groups excluding carboxylic acids is 1. The first-order valence-electron chi connectivity index (χ1n) is 11.3. The molecule has 0 saturated carbocycles. The number of nitrogens with one attached hydrogen (secondary N) is 1. The SMILES string of the molecule is Cc1ccc(Oc2cc3c(cc2S(=O)(=O)N2CCC(C)CC2)C(=O)Nc2ccccc2O3)cc1. The Labute approximate surface area is 199 Å². The van der Waals surface area contributed by atoms with Crippen LogP contribution in [0.5, 0.6) is 23.0 Å². The minimum atomic E-state index is -3.91. The molecule has 2 heterocycles. The lowest BCUT2D eigenvalue weighted by atomic mass is 10.0. The van der Waals surface area contributed by atoms with Crippen molar-refractivity contribution >= 4 is 21.6 Å². The first-order valence-corrected chi connectivity index (χ1v) is 12.8. The van der Waals surface area contributed by atoms with Gasteiger partial charge in [0, 0.05) is 19.2 Å². The van der Waals surface area contributed by atoms with Gasteiger partial charge in [-0.1, -0.05) is 36.8 Å². The van der Waals surface area contributed by atoms with Crippen molar-refractivity contribution in [2.45, 2.75) is 31.6 Å². The minimum Gasteiger partial charge on any atom is -0.456 e. The Morgan fingerprint density at radius 1 is 1.00 bits per heavy atom. The largest absolute Gasteiger partial charge is 0.456 e. The van der Waals surface area contributed by atoms with E-state index in [0.717, 1.165) is 18.4 Å². The number of hydrogen-bond acceptors (Lipinski definition) is 5. The van der Waals surface area contributed by atoms with E-state index < -0.39 is 15.9 Å². The van der Waals surface area contributed by atoms with Crippen LogP contribution in [0.4, 0.5) is 5.69 Å². The number of benzene rings is 3. The lowest BCUT2D eigenvalue weighted by molar-refractivity contribution is 0.102. The first kappa shape index (κ1) is 22.4. The lowest BCUT2D eigenvalue weighted by Gasteiger charge is -2.30. The fourth-order valence-electron chi connectivity index (χ4n) is 4.15. The van der Waals surface area contributed by atoms with Gasteiger partial charge >= 0.3 is 0 Å². The molecule has 1 amide bonds.